The molecule has 0 radical (unpaired) electrons. The second-order valence-corrected chi connectivity index (χ2v) is 7.48. The lowest BCUT2D eigenvalue weighted by Crippen LogP contribution is -2.26. The maximum atomic E-state index is 13.5. The predicted molar refractivity (Wildman–Crippen MR) is 125 cm³/mol. The molecular weight excluding hydrogens is 428 g/mol. The highest BCUT2D eigenvalue weighted by atomic mass is 35.5. The zero-order valence-corrected chi connectivity index (χ0v) is 17.9. The molecule has 4 aromatic rings. The highest BCUT2D eigenvalue weighted by molar-refractivity contribution is 6.35. The van der Waals surface area contributed by atoms with Crippen molar-refractivity contribution in [2.75, 3.05) is 23.3 Å². The molecule has 0 aliphatic carbocycles. The fourth-order valence-electron chi connectivity index (χ4n) is 3.46. The number of aryl methyl sites for hydroxylation is 1. The van der Waals surface area contributed by atoms with Crippen LogP contribution < -0.4 is 22.3 Å². The molecule has 10 heteroatoms. The van der Waals surface area contributed by atoms with Crippen LogP contribution in [0.3, 0.4) is 0 Å². The smallest absolute Gasteiger partial charge is 0.267 e. The Kier molecular flexibility index (Phi) is 5.62. The van der Waals surface area contributed by atoms with Gasteiger partial charge in [-0.3, -0.25) is 9.36 Å². The number of anilines is 3. The van der Waals surface area contributed by atoms with Gasteiger partial charge in [-0.05, 0) is 30.7 Å². The highest BCUT2D eigenvalue weighted by Gasteiger charge is 2.17. The molecule has 160 valence electrons. The summed E-state index contributed by atoms with van der Waals surface area (Å²) in [5, 5.41) is 13.1. The zero-order valence-electron chi connectivity index (χ0n) is 17.1. The number of aromatic nitrogens is 4. The van der Waals surface area contributed by atoms with Gasteiger partial charge in [-0.15, -0.1) is 0 Å². The van der Waals surface area contributed by atoms with Crippen LogP contribution in [0.5, 0.6) is 0 Å². The van der Waals surface area contributed by atoms with Crippen molar-refractivity contribution in [3.05, 3.63) is 74.8 Å². The van der Waals surface area contributed by atoms with E-state index in [0.717, 1.165) is 5.56 Å². The first-order chi connectivity index (χ1) is 15.4. The van der Waals surface area contributed by atoms with E-state index in [-0.39, 0.29) is 28.7 Å². The Morgan fingerprint density at radius 1 is 1.12 bits per heavy atom. The van der Waals surface area contributed by atoms with Gasteiger partial charge in [0.25, 0.3) is 5.56 Å². The lowest BCUT2D eigenvalue weighted by Gasteiger charge is -2.16. The van der Waals surface area contributed by atoms with Crippen LogP contribution in [0.2, 0.25) is 5.02 Å². The topological polar surface area (TPSA) is 149 Å². The van der Waals surface area contributed by atoms with Gasteiger partial charge in [-0.25, -0.2) is 4.98 Å². The molecule has 0 spiro atoms. The molecule has 0 saturated heterocycles. The number of nitrogens with two attached hydrogens (primary N) is 2. The molecule has 0 amide bonds. The second-order valence-electron chi connectivity index (χ2n) is 7.07. The summed E-state index contributed by atoms with van der Waals surface area (Å²) in [7, 11) is 0. The van der Waals surface area contributed by atoms with E-state index in [4.69, 9.17) is 28.1 Å². The van der Waals surface area contributed by atoms with Gasteiger partial charge in [0, 0.05) is 13.0 Å². The number of halogens is 1. The van der Waals surface area contributed by atoms with E-state index < -0.39 is 0 Å². The summed E-state index contributed by atoms with van der Waals surface area (Å²) in [5.41, 5.74) is 13.3. The quantitative estimate of drug-likeness (QED) is 0.423. The van der Waals surface area contributed by atoms with Crippen LogP contribution in [-0.4, -0.2) is 26.1 Å². The van der Waals surface area contributed by atoms with Crippen molar-refractivity contribution in [1.29, 1.82) is 5.26 Å². The van der Waals surface area contributed by atoms with Crippen LogP contribution in [0, 0.1) is 18.3 Å². The summed E-state index contributed by atoms with van der Waals surface area (Å²) < 4.78 is 1.54. The molecule has 2 aromatic heterocycles. The lowest BCUT2D eigenvalue weighted by atomic mass is 10.1. The number of hydrogen-bond acceptors (Lipinski definition) is 8. The monoisotopic (exact) mass is 446 g/mol. The van der Waals surface area contributed by atoms with E-state index in [1.54, 1.807) is 10.6 Å². The van der Waals surface area contributed by atoms with Crippen molar-refractivity contribution in [2.24, 2.45) is 0 Å². The third-order valence-electron chi connectivity index (χ3n) is 4.97. The van der Waals surface area contributed by atoms with Gasteiger partial charge < -0.3 is 16.8 Å². The molecule has 0 aliphatic heterocycles. The minimum atomic E-state index is -0.252. The maximum Gasteiger partial charge on any atom is 0.267 e. The number of nitriles is 1. The number of hydrogen-bond donors (Lipinski definition) is 3. The largest absolute Gasteiger partial charge is 0.382 e. The Morgan fingerprint density at radius 3 is 2.59 bits per heavy atom. The van der Waals surface area contributed by atoms with Crippen LogP contribution >= 0.6 is 11.6 Å². The van der Waals surface area contributed by atoms with Crippen LogP contribution in [0.4, 0.5) is 17.6 Å². The Labute approximate surface area is 188 Å². The van der Waals surface area contributed by atoms with Crippen molar-refractivity contribution in [3.63, 3.8) is 0 Å². The van der Waals surface area contributed by atoms with Crippen molar-refractivity contribution in [2.45, 2.75) is 13.3 Å². The van der Waals surface area contributed by atoms with Gasteiger partial charge in [0.1, 0.15) is 23.3 Å². The van der Waals surface area contributed by atoms with Crippen molar-refractivity contribution in [3.8, 4) is 11.8 Å². The maximum absolute atomic E-state index is 13.5. The highest BCUT2D eigenvalue weighted by Crippen LogP contribution is 2.24. The number of nitrogens with zero attached hydrogens (tertiary/aromatic N) is 5. The fourth-order valence-corrected chi connectivity index (χ4v) is 3.70. The third kappa shape index (κ3) is 3.79. The van der Waals surface area contributed by atoms with Gasteiger partial charge in [0.05, 0.1) is 21.6 Å². The Bertz CT molecular complexity index is 1430. The molecule has 0 saturated carbocycles. The molecule has 0 fully saturated rings. The number of nitrogen functional groups attached to an aromatic ring is 2. The summed E-state index contributed by atoms with van der Waals surface area (Å²) in [6.45, 7) is 2.20. The van der Waals surface area contributed by atoms with Crippen LogP contribution in [0.15, 0.2) is 47.3 Å². The summed E-state index contributed by atoms with van der Waals surface area (Å²) >= 11 is 6.36. The molecule has 2 heterocycles. The van der Waals surface area contributed by atoms with Gasteiger partial charge in [0.15, 0.2) is 5.82 Å². The van der Waals surface area contributed by atoms with Crippen molar-refractivity contribution < 1.29 is 0 Å². The average Bonchev–Trinajstić information content (AvgIpc) is 2.76. The van der Waals surface area contributed by atoms with E-state index in [0.29, 0.717) is 40.4 Å². The molecule has 0 bridgehead atoms. The summed E-state index contributed by atoms with van der Waals surface area (Å²) in [6, 6.07) is 14.7. The first kappa shape index (κ1) is 21.1. The van der Waals surface area contributed by atoms with Gasteiger partial charge in [0.2, 0.25) is 5.95 Å². The van der Waals surface area contributed by atoms with E-state index >= 15 is 0 Å². The summed E-state index contributed by atoms with van der Waals surface area (Å²) in [4.78, 5) is 26.1. The number of nitrogens with one attached hydrogen (secondary N) is 1. The minimum absolute atomic E-state index is 0.00205. The molecule has 5 N–H and O–H groups in total. The van der Waals surface area contributed by atoms with E-state index in [9.17, 15) is 10.1 Å². The van der Waals surface area contributed by atoms with Crippen molar-refractivity contribution in [1.82, 2.24) is 19.5 Å². The Morgan fingerprint density at radius 2 is 1.88 bits per heavy atom. The molecule has 0 unspecified atom stereocenters. The predicted octanol–water partition coefficient (Wildman–Crippen LogP) is 2.83. The molecule has 9 nitrogen and oxygen atoms in total. The van der Waals surface area contributed by atoms with E-state index in [1.165, 1.54) is 0 Å². The standard InChI is InChI=1S/C22H19ClN8O/c1-12-7-8-15(23)17-18(12)28-16(31(21(17)32)13-5-3-2-4-6-13)9-10-27-20-14(11-24)19(25)29-22(26)30-20/h2-8H,9-10H2,1H3,(H5,25,26,27,29,30). The van der Waals surface area contributed by atoms with Crippen molar-refractivity contribution >= 4 is 40.1 Å². The van der Waals surface area contributed by atoms with Crippen LogP contribution in [0.25, 0.3) is 16.6 Å². The van der Waals surface area contributed by atoms with E-state index in [2.05, 4.69) is 15.3 Å². The molecule has 0 aliphatic rings. The Hall–Kier alpha value is -4.16. The first-order valence-corrected chi connectivity index (χ1v) is 10.1. The normalized spacial score (nSPS) is 10.8. The van der Waals surface area contributed by atoms with Gasteiger partial charge in [-0.2, -0.15) is 15.2 Å². The van der Waals surface area contributed by atoms with Crippen LogP contribution in [0.1, 0.15) is 17.0 Å². The second kappa shape index (κ2) is 8.53. The summed E-state index contributed by atoms with van der Waals surface area (Å²) in [5.74, 6) is 0.711. The Balaban J connectivity index is 1.78. The van der Waals surface area contributed by atoms with E-state index in [1.807, 2.05) is 49.4 Å². The zero-order chi connectivity index (χ0) is 22.8. The van der Waals surface area contributed by atoms with Crippen LogP contribution in [-0.2, 0) is 6.42 Å². The molecular formula is C22H19ClN8O. The number of rotatable bonds is 5. The number of benzene rings is 2. The lowest BCUT2D eigenvalue weighted by molar-refractivity contribution is 0.808. The minimum Gasteiger partial charge on any atom is -0.382 e. The van der Waals surface area contributed by atoms with Gasteiger partial charge >= 0.3 is 0 Å². The summed E-state index contributed by atoms with van der Waals surface area (Å²) in [6.07, 6.45) is 0.348. The molecule has 32 heavy (non-hydrogen) atoms. The number of para-hydroxylation sites is 1. The fraction of sp³-hybridized carbons (Fsp3) is 0.136. The first-order valence-electron chi connectivity index (χ1n) is 9.73. The average molecular weight is 447 g/mol. The molecule has 2 aromatic carbocycles. The number of fused-ring (bicyclic) bond motifs is 1. The SMILES string of the molecule is Cc1ccc(Cl)c2c(=O)n(-c3ccccc3)c(CCNc3nc(N)nc(N)c3C#N)nc12. The van der Waals surface area contributed by atoms with Gasteiger partial charge in [-0.1, -0.05) is 35.9 Å². The third-order valence-corrected chi connectivity index (χ3v) is 5.28. The molecule has 0 atom stereocenters. The molecule has 4 rings (SSSR count).